The summed E-state index contributed by atoms with van der Waals surface area (Å²) < 4.78 is 211. The van der Waals surface area contributed by atoms with Crippen LogP contribution in [0.15, 0.2) is 0 Å². The maximum Gasteiger partial charge on any atom is 0.460 e. The lowest BCUT2D eigenvalue weighted by Gasteiger charge is -2.37. The zero-order valence-electron chi connectivity index (χ0n) is 14.7. The van der Waals surface area contributed by atoms with E-state index in [-0.39, 0.29) is 6.92 Å². The molecule has 0 spiro atoms. The molecule has 32 heavy (non-hydrogen) atoms. The molecule has 0 saturated heterocycles. The first-order valence-corrected chi connectivity index (χ1v) is 7.39. The first-order chi connectivity index (χ1) is 13.8. The second-order valence-corrected chi connectivity index (χ2v) is 5.67. The van der Waals surface area contributed by atoms with Crippen LogP contribution in [0.2, 0.25) is 0 Å². The van der Waals surface area contributed by atoms with Crippen LogP contribution in [0.4, 0.5) is 70.2 Å². The van der Waals surface area contributed by atoms with Gasteiger partial charge < -0.3 is 14.6 Å². The van der Waals surface area contributed by atoms with Gasteiger partial charge in [0.2, 0.25) is 0 Å². The van der Waals surface area contributed by atoms with Crippen molar-refractivity contribution >= 4 is 0 Å². The van der Waals surface area contributed by atoms with Gasteiger partial charge in [0.05, 0.1) is 0 Å². The van der Waals surface area contributed by atoms with Crippen molar-refractivity contribution < 1.29 is 89.6 Å². The second kappa shape index (κ2) is 9.53. The molecule has 0 aromatic carbocycles. The Hall–Kier alpha value is -1.28. The van der Waals surface area contributed by atoms with E-state index < -0.39 is 67.9 Å². The van der Waals surface area contributed by atoms with Crippen LogP contribution < -0.4 is 0 Å². The van der Waals surface area contributed by atoms with E-state index in [1.165, 1.54) is 0 Å². The lowest BCUT2D eigenvalue weighted by molar-refractivity contribution is -0.530. The van der Waals surface area contributed by atoms with Crippen LogP contribution in [-0.2, 0) is 14.2 Å². The lowest BCUT2D eigenvalue weighted by atomic mass is 10.1. The summed E-state index contributed by atoms with van der Waals surface area (Å²) in [5.41, 5.74) is 0. The van der Waals surface area contributed by atoms with Crippen molar-refractivity contribution in [2.75, 3.05) is 6.61 Å². The van der Waals surface area contributed by atoms with Crippen molar-refractivity contribution in [2.24, 2.45) is 0 Å². The standard InChI is InChI=1S/C12H10F16O4/c1-3(13)5(6(29)30-2-4(14)15)31-11(25,26)12(27,28)32-10(23,24)8(18,19)7(16,17)9(20,21)22/h3-6,29H,2H2,1H3/t3?,5?,6-/m0/s1. The van der Waals surface area contributed by atoms with E-state index in [4.69, 9.17) is 5.11 Å². The van der Waals surface area contributed by atoms with E-state index in [1.807, 2.05) is 0 Å². The molecule has 2 unspecified atom stereocenters. The van der Waals surface area contributed by atoms with Crippen molar-refractivity contribution in [1.29, 1.82) is 0 Å². The zero-order chi connectivity index (χ0) is 26.1. The van der Waals surface area contributed by atoms with Gasteiger partial charge in [0.15, 0.2) is 6.29 Å². The Morgan fingerprint density at radius 1 is 0.688 bits per heavy atom. The number of halogens is 16. The highest BCUT2D eigenvalue weighted by molar-refractivity contribution is 4.97. The zero-order valence-corrected chi connectivity index (χ0v) is 14.7. The molecule has 0 heterocycles. The number of aliphatic hydroxyl groups excluding tert-OH is 1. The van der Waals surface area contributed by atoms with Crippen LogP contribution in [-0.4, -0.2) is 73.1 Å². The summed E-state index contributed by atoms with van der Waals surface area (Å²) in [7, 11) is 0. The van der Waals surface area contributed by atoms with E-state index >= 15 is 0 Å². The molecule has 0 radical (unpaired) electrons. The molecular formula is C12H10F16O4. The van der Waals surface area contributed by atoms with E-state index in [0.29, 0.717) is 0 Å². The fourth-order valence-corrected chi connectivity index (χ4v) is 1.53. The van der Waals surface area contributed by atoms with Gasteiger partial charge in [-0.1, -0.05) is 0 Å². The predicted octanol–water partition coefficient (Wildman–Crippen LogP) is 4.96. The number of aliphatic hydroxyl groups is 1. The summed E-state index contributed by atoms with van der Waals surface area (Å²) in [6.07, 6.45) is -42.3. The number of hydrogen-bond donors (Lipinski definition) is 1. The third-order valence-corrected chi connectivity index (χ3v) is 3.12. The Morgan fingerprint density at radius 3 is 1.47 bits per heavy atom. The van der Waals surface area contributed by atoms with Crippen molar-refractivity contribution in [2.45, 2.75) is 68.3 Å². The molecule has 0 bridgehead atoms. The number of rotatable bonds is 12. The first kappa shape index (κ1) is 30.7. The van der Waals surface area contributed by atoms with Gasteiger partial charge in [0.25, 0.3) is 6.43 Å². The molecule has 0 aliphatic rings. The molecule has 0 saturated carbocycles. The molecule has 194 valence electrons. The van der Waals surface area contributed by atoms with E-state index in [2.05, 4.69) is 9.47 Å². The Bertz CT molecular complexity index is 604. The van der Waals surface area contributed by atoms with Crippen LogP contribution in [0.3, 0.4) is 0 Å². The minimum atomic E-state index is -7.90. The van der Waals surface area contributed by atoms with Gasteiger partial charge in [0.1, 0.15) is 18.9 Å². The minimum Gasteiger partial charge on any atom is -0.366 e. The van der Waals surface area contributed by atoms with E-state index in [1.54, 1.807) is 4.74 Å². The molecule has 0 aromatic rings. The Morgan fingerprint density at radius 2 is 1.12 bits per heavy atom. The minimum absolute atomic E-state index is 0.126. The molecule has 0 aliphatic heterocycles. The van der Waals surface area contributed by atoms with E-state index in [9.17, 15) is 70.2 Å². The molecule has 3 atom stereocenters. The lowest BCUT2D eigenvalue weighted by Crippen LogP contribution is -2.64. The predicted molar refractivity (Wildman–Crippen MR) is 65.3 cm³/mol. The molecule has 0 rings (SSSR count). The maximum atomic E-state index is 13.5. The monoisotopic (exact) mass is 522 g/mol. The highest BCUT2D eigenvalue weighted by atomic mass is 19.4. The van der Waals surface area contributed by atoms with Crippen LogP contribution in [0, 0.1) is 0 Å². The van der Waals surface area contributed by atoms with Gasteiger partial charge in [-0.2, -0.15) is 57.1 Å². The largest absolute Gasteiger partial charge is 0.460 e. The Balaban J connectivity index is 5.86. The summed E-state index contributed by atoms with van der Waals surface area (Å²) in [4.78, 5) is 0. The molecule has 0 aromatic heterocycles. The van der Waals surface area contributed by atoms with Gasteiger partial charge in [-0.3, -0.25) is 0 Å². The molecular weight excluding hydrogens is 512 g/mol. The van der Waals surface area contributed by atoms with Crippen molar-refractivity contribution in [3.63, 3.8) is 0 Å². The third-order valence-electron chi connectivity index (χ3n) is 3.12. The van der Waals surface area contributed by atoms with Gasteiger partial charge in [-0.05, 0) is 6.92 Å². The second-order valence-electron chi connectivity index (χ2n) is 5.67. The number of hydrogen-bond acceptors (Lipinski definition) is 4. The highest BCUT2D eigenvalue weighted by Crippen LogP contribution is 2.55. The Kier molecular flexibility index (Phi) is 9.15. The van der Waals surface area contributed by atoms with Gasteiger partial charge in [-0.15, -0.1) is 0 Å². The molecule has 1 N–H and O–H groups in total. The first-order valence-electron chi connectivity index (χ1n) is 7.39. The number of alkyl halides is 16. The summed E-state index contributed by atoms with van der Waals surface area (Å²) in [5.74, 6) is -15.7. The summed E-state index contributed by atoms with van der Waals surface area (Å²) in [5, 5.41) is 9.08. The molecule has 0 amide bonds. The van der Waals surface area contributed by atoms with Crippen LogP contribution in [0.1, 0.15) is 6.92 Å². The van der Waals surface area contributed by atoms with Crippen LogP contribution in [0.5, 0.6) is 0 Å². The van der Waals surface area contributed by atoms with E-state index in [0.717, 1.165) is 0 Å². The van der Waals surface area contributed by atoms with Crippen molar-refractivity contribution in [1.82, 2.24) is 0 Å². The average Bonchev–Trinajstić information content (AvgIpc) is 2.54. The van der Waals surface area contributed by atoms with Gasteiger partial charge in [0, 0.05) is 0 Å². The topological polar surface area (TPSA) is 47.9 Å². The summed E-state index contributed by atoms with van der Waals surface area (Å²) in [6, 6.07) is 0. The maximum absolute atomic E-state index is 13.5. The normalized spacial score (nSPS) is 18.1. The highest BCUT2D eigenvalue weighted by Gasteiger charge is 2.85. The van der Waals surface area contributed by atoms with Gasteiger partial charge in [-0.25, -0.2) is 17.9 Å². The fraction of sp³-hybridized carbons (Fsp3) is 1.00. The third kappa shape index (κ3) is 6.40. The summed E-state index contributed by atoms with van der Waals surface area (Å²) >= 11 is 0. The molecule has 0 aliphatic carbocycles. The van der Waals surface area contributed by atoms with Crippen LogP contribution >= 0.6 is 0 Å². The average molecular weight is 522 g/mol. The molecule has 0 fully saturated rings. The number of ether oxygens (including phenoxy) is 3. The smallest absolute Gasteiger partial charge is 0.366 e. The molecule has 20 heteroatoms. The summed E-state index contributed by atoms with van der Waals surface area (Å²) in [6.45, 7) is -1.72. The quantitative estimate of drug-likeness (QED) is 0.291. The Labute approximate surface area is 166 Å². The fourth-order valence-electron chi connectivity index (χ4n) is 1.53. The molecule has 4 nitrogen and oxygen atoms in total. The SMILES string of the molecule is CC(F)C(OC(F)(F)C(F)(F)OC(F)(F)C(F)(F)C(F)(F)C(F)(F)F)[C@@H](O)OCC(F)F. The van der Waals surface area contributed by atoms with Crippen molar-refractivity contribution in [3.8, 4) is 0 Å². The van der Waals surface area contributed by atoms with Crippen molar-refractivity contribution in [3.05, 3.63) is 0 Å². The van der Waals surface area contributed by atoms with Crippen LogP contribution in [0.25, 0.3) is 0 Å². The van der Waals surface area contributed by atoms with Gasteiger partial charge >= 0.3 is 36.3 Å².